The molecule has 0 amide bonds. The lowest BCUT2D eigenvalue weighted by atomic mass is 10.1. The molecule has 0 aliphatic rings. The van der Waals surface area contributed by atoms with Crippen molar-refractivity contribution in [3.63, 3.8) is 0 Å². The van der Waals surface area contributed by atoms with Crippen molar-refractivity contribution in [2.75, 3.05) is 6.61 Å². The molecule has 0 fully saturated rings. The number of rotatable bonds is 3. The SMILES string of the molecule is Cl.N[C@H](CO)Cc1ccc(Br)cc1. The van der Waals surface area contributed by atoms with Crippen molar-refractivity contribution in [3.05, 3.63) is 34.3 Å². The molecule has 13 heavy (non-hydrogen) atoms. The van der Waals surface area contributed by atoms with Gasteiger partial charge in [-0.2, -0.15) is 0 Å². The minimum Gasteiger partial charge on any atom is -0.395 e. The molecule has 1 aromatic carbocycles. The maximum atomic E-state index is 8.72. The first kappa shape index (κ1) is 12.9. The van der Waals surface area contributed by atoms with E-state index in [2.05, 4.69) is 15.9 Å². The third kappa shape index (κ3) is 4.62. The summed E-state index contributed by atoms with van der Waals surface area (Å²) in [7, 11) is 0. The first-order valence-electron chi connectivity index (χ1n) is 3.83. The molecule has 0 heterocycles. The van der Waals surface area contributed by atoms with E-state index in [1.807, 2.05) is 24.3 Å². The van der Waals surface area contributed by atoms with Crippen LogP contribution in [0.5, 0.6) is 0 Å². The Bertz CT molecular complexity index is 240. The molecule has 0 spiro atoms. The van der Waals surface area contributed by atoms with Crippen LogP contribution in [0.3, 0.4) is 0 Å². The van der Waals surface area contributed by atoms with Crippen LogP contribution in [-0.2, 0) is 6.42 Å². The third-order valence-electron chi connectivity index (χ3n) is 1.65. The Kier molecular flexibility index (Phi) is 6.33. The minimum absolute atomic E-state index is 0. The van der Waals surface area contributed by atoms with Crippen molar-refractivity contribution in [3.8, 4) is 0 Å². The number of hydrogen-bond acceptors (Lipinski definition) is 2. The number of aliphatic hydroxyl groups is 1. The van der Waals surface area contributed by atoms with Gasteiger partial charge in [-0.1, -0.05) is 28.1 Å². The monoisotopic (exact) mass is 265 g/mol. The largest absolute Gasteiger partial charge is 0.395 e. The van der Waals surface area contributed by atoms with Gasteiger partial charge in [-0.05, 0) is 24.1 Å². The zero-order valence-electron chi connectivity index (χ0n) is 7.11. The third-order valence-corrected chi connectivity index (χ3v) is 2.17. The quantitative estimate of drug-likeness (QED) is 0.875. The molecule has 3 N–H and O–H groups in total. The van der Waals surface area contributed by atoms with Crippen molar-refractivity contribution in [1.82, 2.24) is 0 Å². The van der Waals surface area contributed by atoms with Crippen LogP contribution >= 0.6 is 28.3 Å². The number of benzene rings is 1. The molecule has 0 unspecified atom stereocenters. The predicted molar refractivity (Wildman–Crippen MR) is 60.2 cm³/mol. The average Bonchev–Trinajstić information content (AvgIpc) is 2.09. The van der Waals surface area contributed by atoms with Crippen molar-refractivity contribution in [2.24, 2.45) is 5.73 Å². The molecule has 74 valence electrons. The molecule has 0 saturated carbocycles. The molecule has 1 rings (SSSR count). The van der Waals surface area contributed by atoms with Crippen LogP contribution in [-0.4, -0.2) is 17.8 Å². The van der Waals surface area contributed by atoms with Gasteiger partial charge in [0.05, 0.1) is 6.61 Å². The molecular weight excluding hydrogens is 253 g/mol. The summed E-state index contributed by atoms with van der Waals surface area (Å²) < 4.78 is 1.06. The Hall–Kier alpha value is -0.0900. The van der Waals surface area contributed by atoms with Crippen molar-refractivity contribution in [2.45, 2.75) is 12.5 Å². The highest BCUT2D eigenvalue weighted by atomic mass is 79.9. The van der Waals surface area contributed by atoms with Gasteiger partial charge in [0.15, 0.2) is 0 Å². The molecule has 1 atom stereocenters. The van der Waals surface area contributed by atoms with E-state index in [1.54, 1.807) is 0 Å². The van der Waals surface area contributed by atoms with Crippen molar-refractivity contribution >= 4 is 28.3 Å². The Morgan fingerprint density at radius 2 is 1.85 bits per heavy atom. The highest BCUT2D eigenvalue weighted by molar-refractivity contribution is 9.10. The van der Waals surface area contributed by atoms with Crippen LogP contribution in [0.25, 0.3) is 0 Å². The maximum Gasteiger partial charge on any atom is 0.0585 e. The van der Waals surface area contributed by atoms with Crippen LogP contribution in [0.4, 0.5) is 0 Å². The second-order valence-corrected chi connectivity index (χ2v) is 3.69. The summed E-state index contributed by atoms with van der Waals surface area (Å²) in [6.45, 7) is 0.0378. The van der Waals surface area contributed by atoms with E-state index in [1.165, 1.54) is 0 Å². The fourth-order valence-corrected chi connectivity index (χ4v) is 1.25. The van der Waals surface area contributed by atoms with Crippen LogP contribution in [0.15, 0.2) is 28.7 Å². The highest BCUT2D eigenvalue weighted by Gasteiger charge is 2.01. The smallest absolute Gasteiger partial charge is 0.0585 e. The predicted octanol–water partition coefficient (Wildman–Crippen LogP) is 1.73. The summed E-state index contributed by atoms with van der Waals surface area (Å²) in [4.78, 5) is 0. The Labute approximate surface area is 92.7 Å². The van der Waals surface area contributed by atoms with Crippen molar-refractivity contribution < 1.29 is 5.11 Å². The van der Waals surface area contributed by atoms with Gasteiger partial charge in [0.2, 0.25) is 0 Å². The molecule has 1 aromatic rings. The van der Waals surface area contributed by atoms with E-state index in [0.717, 1.165) is 16.5 Å². The van der Waals surface area contributed by atoms with E-state index in [0.29, 0.717) is 0 Å². The summed E-state index contributed by atoms with van der Waals surface area (Å²) >= 11 is 3.35. The number of halogens is 2. The molecular formula is C9H13BrClNO. The molecule has 0 bridgehead atoms. The van der Waals surface area contributed by atoms with Gasteiger partial charge in [-0.15, -0.1) is 12.4 Å². The van der Waals surface area contributed by atoms with Gasteiger partial charge >= 0.3 is 0 Å². The van der Waals surface area contributed by atoms with Crippen LogP contribution < -0.4 is 5.73 Å². The first-order valence-corrected chi connectivity index (χ1v) is 4.62. The molecule has 0 aliphatic carbocycles. The normalized spacial score (nSPS) is 11.9. The van der Waals surface area contributed by atoms with Gasteiger partial charge in [-0.25, -0.2) is 0 Å². The number of aliphatic hydroxyl groups excluding tert-OH is 1. The lowest BCUT2D eigenvalue weighted by Crippen LogP contribution is -2.26. The highest BCUT2D eigenvalue weighted by Crippen LogP contribution is 2.11. The van der Waals surface area contributed by atoms with Gasteiger partial charge < -0.3 is 10.8 Å². The summed E-state index contributed by atoms with van der Waals surface area (Å²) in [5.41, 5.74) is 6.73. The fraction of sp³-hybridized carbons (Fsp3) is 0.333. The lowest BCUT2D eigenvalue weighted by Gasteiger charge is -2.07. The Balaban J connectivity index is 0.00000144. The van der Waals surface area contributed by atoms with Gasteiger partial charge in [0.25, 0.3) is 0 Å². The van der Waals surface area contributed by atoms with Gasteiger partial charge in [-0.3, -0.25) is 0 Å². The molecule has 0 saturated heterocycles. The van der Waals surface area contributed by atoms with Crippen molar-refractivity contribution in [1.29, 1.82) is 0 Å². The standard InChI is InChI=1S/C9H12BrNO.ClH/c10-8-3-1-7(2-4-8)5-9(11)6-12;/h1-4,9,12H,5-6,11H2;1H/t9-;/m0./s1. The van der Waals surface area contributed by atoms with E-state index >= 15 is 0 Å². The summed E-state index contributed by atoms with van der Waals surface area (Å²) in [5, 5.41) is 8.72. The van der Waals surface area contributed by atoms with Gasteiger partial charge in [0, 0.05) is 10.5 Å². The van der Waals surface area contributed by atoms with E-state index in [4.69, 9.17) is 10.8 Å². The molecule has 0 aliphatic heterocycles. The van der Waals surface area contributed by atoms with Gasteiger partial charge in [0.1, 0.15) is 0 Å². The Morgan fingerprint density at radius 1 is 1.31 bits per heavy atom. The average molecular weight is 267 g/mol. The molecule has 4 heteroatoms. The molecule has 0 aromatic heterocycles. The van der Waals surface area contributed by atoms with E-state index in [-0.39, 0.29) is 25.1 Å². The fourth-order valence-electron chi connectivity index (χ4n) is 0.988. The second kappa shape index (κ2) is 6.38. The summed E-state index contributed by atoms with van der Waals surface area (Å²) in [5.74, 6) is 0. The molecule has 0 radical (unpaired) electrons. The second-order valence-electron chi connectivity index (χ2n) is 2.77. The maximum absolute atomic E-state index is 8.72. The summed E-state index contributed by atoms with van der Waals surface area (Å²) in [6, 6.07) is 7.80. The zero-order valence-corrected chi connectivity index (χ0v) is 9.51. The minimum atomic E-state index is -0.147. The molecule has 2 nitrogen and oxygen atoms in total. The van der Waals surface area contributed by atoms with E-state index in [9.17, 15) is 0 Å². The lowest BCUT2D eigenvalue weighted by molar-refractivity contribution is 0.265. The number of nitrogens with two attached hydrogens (primary N) is 1. The summed E-state index contributed by atoms with van der Waals surface area (Å²) in [6.07, 6.45) is 0.726. The number of hydrogen-bond donors (Lipinski definition) is 2. The zero-order chi connectivity index (χ0) is 8.97. The van der Waals surface area contributed by atoms with Crippen LogP contribution in [0.1, 0.15) is 5.56 Å². The Morgan fingerprint density at radius 3 is 2.31 bits per heavy atom. The first-order chi connectivity index (χ1) is 5.72. The van der Waals surface area contributed by atoms with E-state index < -0.39 is 0 Å². The van der Waals surface area contributed by atoms with Crippen LogP contribution in [0, 0.1) is 0 Å². The van der Waals surface area contributed by atoms with Crippen LogP contribution in [0.2, 0.25) is 0 Å². The topological polar surface area (TPSA) is 46.2 Å².